The molecule has 4 heteroatoms. The average molecular weight is 267 g/mol. The molecule has 0 fully saturated rings. The minimum Gasteiger partial charge on any atom is -0.487 e. The zero-order chi connectivity index (χ0) is 14.0. The van der Waals surface area contributed by atoms with Crippen LogP contribution in [-0.4, -0.2) is 23.4 Å². The summed E-state index contributed by atoms with van der Waals surface area (Å²) in [5.41, 5.74) is 0.676. The first-order chi connectivity index (χ1) is 8.87. The van der Waals surface area contributed by atoms with E-state index in [-0.39, 0.29) is 23.6 Å². The molecule has 0 saturated heterocycles. The molecule has 0 saturated carbocycles. The van der Waals surface area contributed by atoms with Crippen LogP contribution in [0.15, 0.2) is 18.2 Å². The summed E-state index contributed by atoms with van der Waals surface area (Å²) in [6, 6.07) is 4.82. The fraction of sp³-hybridized carbons (Fsp3) is 0.600. The summed E-state index contributed by atoms with van der Waals surface area (Å²) in [5.74, 6) is 0.338. The van der Waals surface area contributed by atoms with Crippen molar-refractivity contribution < 1.29 is 14.2 Å². The van der Waals surface area contributed by atoms with Crippen LogP contribution in [-0.2, 0) is 0 Å². The first kappa shape index (κ1) is 14.3. The van der Waals surface area contributed by atoms with Crippen molar-refractivity contribution in [1.29, 1.82) is 0 Å². The number of aliphatic hydroxyl groups excluding tert-OH is 1. The molecule has 0 radical (unpaired) electrons. The van der Waals surface area contributed by atoms with Crippen LogP contribution >= 0.6 is 0 Å². The third kappa shape index (κ3) is 3.67. The Morgan fingerprint density at radius 1 is 1.53 bits per heavy atom. The molecule has 1 heterocycles. The first-order valence-corrected chi connectivity index (χ1v) is 6.77. The SMILES string of the molecule is CC(O)CCNC1CC(C)(C)Oc2cc(F)ccc21. The number of fused-ring (bicyclic) bond motifs is 1. The third-order valence-corrected chi connectivity index (χ3v) is 3.39. The van der Waals surface area contributed by atoms with Gasteiger partial charge in [-0.2, -0.15) is 0 Å². The van der Waals surface area contributed by atoms with Crippen LogP contribution in [0, 0.1) is 5.82 Å². The Labute approximate surface area is 113 Å². The van der Waals surface area contributed by atoms with Crippen LogP contribution in [0.5, 0.6) is 5.75 Å². The van der Waals surface area contributed by atoms with Crippen molar-refractivity contribution in [2.24, 2.45) is 0 Å². The van der Waals surface area contributed by atoms with E-state index < -0.39 is 0 Å². The van der Waals surface area contributed by atoms with Gasteiger partial charge in [0, 0.05) is 24.1 Å². The molecule has 2 rings (SSSR count). The lowest BCUT2D eigenvalue weighted by Gasteiger charge is -2.38. The van der Waals surface area contributed by atoms with Crippen molar-refractivity contribution in [2.75, 3.05) is 6.54 Å². The second kappa shape index (κ2) is 5.47. The van der Waals surface area contributed by atoms with Gasteiger partial charge in [0.05, 0.1) is 6.10 Å². The minimum atomic E-state index is -0.316. The van der Waals surface area contributed by atoms with Crippen molar-refractivity contribution in [3.05, 3.63) is 29.6 Å². The molecule has 0 amide bonds. The van der Waals surface area contributed by atoms with Crippen LogP contribution in [0.2, 0.25) is 0 Å². The fourth-order valence-electron chi connectivity index (χ4n) is 2.47. The molecule has 2 unspecified atom stereocenters. The summed E-state index contributed by atoms with van der Waals surface area (Å²) in [5, 5.41) is 12.7. The van der Waals surface area contributed by atoms with Gasteiger partial charge in [-0.3, -0.25) is 0 Å². The summed E-state index contributed by atoms with van der Waals surface area (Å²) >= 11 is 0. The molecule has 1 aliphatic heterocycles. The summed E-state index contributed by atoms with van der Waals surface area (Å²) in [4.78, 5) is 0. The van der Waals surface area contributed by atoms with E-state index in [1.807, 2.05) is 13.8 Å². The highest BCUT2D eigenvalue weighted by molar-refractivity contribution is 5.39. The number of hydrogen-bond acceptors (Lipinski definition) is 3. The van der Waals surface area contributed by atoms with E-state index in [1.54, 1.807) is 13.0 Å². The lowest BCUT2D eigenvalue weighted by atomic mass is 9.89. The van der Waals surface area contributed by atoms with Gasteiger partial charge in [0.25, 0.3) is 0 Å². The van der Waals surface area contributed by atoms with Crippen LogP contribution in [0.3, 0.4) is 0 Å². The molecule has 0 aromatic heterocycles. The van der Waals surface area contributed by atoms with Gasteiger partial charge in [-0.05, 0) is 39.8 Å². The maximum Gasteiger partial charge on any atom is 0.127 e. The van der Waals surface area contributed by atoms with Crippen LogP contribution < -0.4 is 10.1 Å². The van der Waals surface area contributed by atoms with Crippen molar-refractivity contribution >= 4 is 0 Å². The number of hydrogen-bond donors (Lipinski definition) is 2. The number of halogens is 1. The van der Waals surface area contributed by atoms with Crippen LogP contribution in [0.1, 0.15) is 45.2 Å². The highest BCUT2D eigenvalue weighted by atomic mass is 19.1. The summed E-state index contributed by atoms with van der Waals surface area (Å²) < 4.78 is 19.1. The largest absolute Gasteiger partial charge is 0.487 e. The standard InChI is InChI=1S/C15H22FNO2/c1-10(18)6-7-17-13-9-15(2,3)19-14-8-11(16)4-5-12(13)14/h4-5,8,10,13,17-18H,6-7,9H2,1-3H3. The molecule has 0 aliphatic carbocycles. The van der Waals surface area contributed by atoms with E-state index in [0.717, 1.165) is 18.5 Å². The Bertz CT molecular complexity index is 446. The Morgan fingerprint density at radius 3 is 2.95 bits per heavy atom. The molecular formula is C15H22FNO2. The van der Waals surface area contributed by atoms with Gasteiger partial charge >= 0.3 is 0 Å². The molecule has 19 heavy (non-hydrogen) atoms. The van der Waals surface area contributed by atoms with Crippen molar-refractivity contribution in [3.8, 4) is 5.75 Å². The number of rotatable bonds is 4. The molecule has 1 aliphatic rings. The second-order valence-corrected chi connectivity index (χ2v) is 5.89. The summed E-state index contributed by atoms with van der Waals surface area (Å²) in [6.07, 6.45) is 1.22. The Hall–Kier alpha value is -1.13. The number of aliphatic hydroxyl groups is 1. The Morgan fingerprint density at radius 2 is 2.26 bits per heavy atom. The number of benzene rings is 1. The number of ether oxygens (including phenoxy) is 1. The molecule has 1 aromatic carbocycles. The highest BCUT2D eigenvalue weighted by Crippen LogP contribution is 2.39. The fourth-order valence-corrected chi connectivity index (χ4v) is 2.47. The topological polar surface area (TPSA) is 41.5 Å². The van der Waals surface area contributed by atoms with E-state index >= 15 is 0 Å². The molecule has 106 valence electrons. The smallest absolute Gasteiger partial charge is 0.127 e. The third-order valence-electron chi connectivity index (χ3n) is 3.39. The lowest BCUT2D eigenvalue weighted by Crippen LogP contribution is -2.40. The summed E-state index contributed by atoms with van der Waals surface area (Å²) in [7, 11) is 0. The van der Waals surface area contributed by atoms with Gasteiger partial charge in [0.2, 0.25) is 0 Å². The monoisotopic (exact) mass is 267 g/mol. The van der Waals surface area contributed by atoms with Gasteiger partial charge in [-0.25, -0.2) is 4.39 Å². The van der Waals surface area contributed by atoms with Gasteiger partial charge < -0.3 is 15.2 Å². The lowest BCUT2D eigenvalue weighted by molar-refractivity contribution is 0.0648. The molecular weight excluding hydrogens is 245 g/mol. The Kier molecular flexibility index (Phi) is 4.11. The number of nitrogens with one attached hydrogen (secondary N) is 1. The van der Waals surface area contributed by atoms with E-state index in [9.17, 15) is 9.50 Å². The van der Waals surface area contributed by atoms with E-state index in [2.05, 4.69) is 5.32 Å². The molecule has 0 bridgehead atoms. The minimum absolute atomic E-state index is 0.137. The Balaban J connectivity index is 2.15. The molecule has 0 spiro atoms. The average Bonchev–Trinajstić information content (AvgIpc) is 2.26. The van der Waals surface area contributed by atoms with E-state index in [1.165, 1.54) is 12.1 Å². The first-order valence-electron chi connectivity index (χ1n) is 6.77. The van der Waals surface area contributed by atoms with Gasteiger partial charge in [0.15, 0.2) is 0 Å². The zero-order valence-electron chi connectivity index (χ0n) is 11.7. The zero-order valence-corrected chi connectivity index (χ0v) is 11.7. The van der Waals surface area contributed by atoms with E-state index in [0.29, 0.717) is 12.2 Å². The second-order valence-electron chi connectivity index (χ2n) is 5.89. The van der Waals surface area contributed by atoms with Crippen molar-refractivity contribution in [3.63, 3.8) is 0 Å². The van der Waals surface area contributed by atoms with Crippen molar-refractivity contribution in [2.45, 2.75) is 51.4 Å². The molecule has 2 atom stereocenters. The van der Waals surface area contributed by atoms with Gasteiger partial charge in [-0.1, -0.05) is 6.07 Å². The summed E-state index contributed by atoms with van der Waals surface area (Å²) in [6.45, 7) is 6.52. The normalized spacial score (nSPS) is 22.5. The quantitative estimate of drug-likeness (QED) is 0.881. The molecule has 2 N–H and O–H groups in total. The maximum atomic E-state index is 13.3. The van der Waals surface area contributed by atoms with Crippen molar-refractivity contribution in [1.82, 2.24) is 5.32 Å². The van der Waals surface area contributed by atoms with Gasteiger partial charge in [-0.15, -0.1) is 0 Å². The van der Waals surface area contributed by atoms with Gasteiger partial charge in [0.1, 0.15) is 17.2 Å². The predicted molar refractivity (Wildman–Crippen MR) is 72.8 cm³/mol. The molecule has 3 nitrogen and oxygen atoms in total. The maximum absolute atomic E-state index is 13.3. The highest BCUT2D eigenvalue weighted by Gasteiger charge is 2.33. The molecule has 1 aromatic rings. The van der Waals surface area contributed by atoms with Crippen LogP contribution in [0.25, 0.3) is 0 Å². The van der Waals surface area contributed by atoms with Crippen LogP contribution in [0.4, 0.5) is 4.39 Å². The van der Waals surface area contributed by atoms with E-state index in [4.69, 9.17) is 4.74 Å². The predicted octanol–water partition coefficient (Wildman–Crippen LogP) is 2.79.